The molecule has 0 amide bonds. The van der Waals surface area contributed by atoms with Crippen molar-refractivity contribution in [2.75, 3.05) is 13.2 Å². The van der Waals surface area contributed by atoms with E-state index in [-0.39, 0.29) is 0 Å². The molecule has 2 heteroatoms. The fourth-order valence-corrected chi connectivity index (χ4v) is 3.00. The van der Waals surface area contributed by atoms with Crippen LogP contribution in [0.4, 0.5) is 0 Å². The van der Waals surface area contributed by atoms with Gasteiger partial charge in [-0.05, 0) is 49.8 Å². The fourth-order valence-electron chi connectivity index (χ4n) is 3.00. The smallest absolute Gasteiger partial charge is 0.0431 e. The number of aliphatic hydroxyl groups is 1. The molecule has 2 nitrogen and oxygen atoms in total. The van der Waals surface area contributed by atoms with Crippen molar-refractivity contribution in [2.24, 2.45) is 0 Å². The highest BCUT2D eigenvalue weighted by atomic mass is 16.2. The van der Waals surface area contributed by atoms with Crippen molar-refractivity contribution in [3.8, 4) is 0 Å². The molecule has 1 aliphatic rings. The van der Waals surface area contributed by atoms with Gasteiger partial charge in [0, 0.05) is 12.6 Å². The Bertz CT molecular complexity index is 364. The van der Waals surface area contributed by atoms with Crippen LogP contribution in [0.3, 0.4) is 0 Å². The van der Waals surface area contributed by atoms with Gasteiger partial charge in [0.1, 0.15) is 0 Å². The Kier molecular flexibility index (Phi) is 6.38. The second kappa shape index (κ2) is 8.34. The molecule has 0 aliphatic heterocycles. The zero-order chi connectivity index (χ0) is 13.3. The number of fused-ring (bicyclic) bond motifs is 1. The van der Waals surface area contributed by atoms with Crippen molar-refractivity contribution in [3.63, 3.8) is 0 Å². The molecule has 0 spiro atoms. The molecule has 106 valence electrons. The first-order valence-corrected chi connectivity index (χ1v) is 7.84. The summed E-state index contributed by atoms with van der Waals surface area (Å²) in [5, 5.41) is 12.5. The molecule has 1 unspecified atom stereocenters. The molecular formula is C17H27NO. The van der Waals surface area contributed by atoms with Crippen LogP contribution in [0.2, 0.25) is 0 Å². The summed E-state index contributed by atoms with van der Waals surface area (Å²) in [6, 6.07) is 9.47. The maximum absolute atomic E-state index is 8.75. The number of rotatable bonds is 7. The Morgan fingerprint density at radius 1 is 1.05 bits per heavy atom. The Hall–Kier alpha value is -0.860. The van der Waals surface area contributed by atoms with E-state index in [1.807, 2.05) is 0 Å². The number of hydrogen-bond acceptors (Lipinski definition) is 2. The van der Waals surface area contributed by atoms with Gasteiger partial charge in [0.05, 0.1) is 0 Å². The third-order valence-corrected chi connectivity index (χ3v) is 4.10. The monoisotopic (exact) mass is 261 g/mol. The highest BCUT2D eigenvalue weighted by molar-refractivity contribution is 5.31. The number of unbranched alkanes of at least 4 members (excludes halogenated alkanes) is 3. The van der Waals surface area contributed by atoms with Crippen molar-refractivity contribution < 1.29 is 5.11 Å². The van der Waals surface area contributed by atoms with Gasteiger partial charge >= 0.3 is 0 Å². The van der Waals surface area contributed by atoms with Crippen LogP contribution in [0.1, 0.15) is 62.1 Å². The van der Waals surface area contributed by atoms with Crippen molar-refractivity contribution in [1.29, 1.82) is 0 Å². The van der Waals surface area contributed by atoms with Gasteiger partial charge < -0.3 is 10.4 Å². The van der Waals surface area contributed by atoms with E-state index in [1.54, 1.807) is 0 Å². The highest BCUT2D eigenvalue weighted by Gasteiger charge is 2.17. The molecule has 0 saturated heterocycles. The van der Waals surface area contributed by atoms with Gasteiger partial charge in [0.2, 0.25) is 0 Å². The standard InChI is InChI=1S/C17H27NO/c19-14-8-2-1-7-13-18-17-12-6-4-10-15-9-3-5-11-16(15)17/h3,5,9,11,17-19H,1-2,4,6-8,10,12-14H2. The van der Waals surface area contributed by atoms with E-state index < -0.39 is 0 Å². The minimum Gasteiger partial charge on any atom is -0.396 e. The van der Waals surface area contributed by atoms with Gasteiger partial charge in [-0.3, -0.25) is 0 Å². The van der Waals surface area contributed by atoms with Crippen LogP contribution in [-0.4, -0.2) is 18.3 Å². The lowest BCUT2D eigenvalue weighted by Crippen LogP contribution is -2.22. The molecule has 2 rings (SSSR count). The van der Waals surface area contributed by atoms with Crippen molar-refractivity contribution in [2.45, 2.75) is 57.4 Å². The summed E-state index contributed by atoms with van der Waals surface area (Å²) in [5.41, 5.74) is 3.06. The second-order valence-electron chi connectivity index (χ2n) is 5.59. The summed E-state index contributed by atoms with van der Waals surface area (Å²) < 4.78 is 0. The van der Waals surface area contributed by atoms with Crippen LogP contribution in [0.5, 0.6) is 0 Å². The Morgan fingerprint density at radius 3 is 2.79 bits per heavy atom. The lowest BCUT2D eigenvalue weighted by molar-refractivity contribution is 0.282. The van der Waals surface area contributed by atoms with E-state index in [0.717, 1.165) is 19.4 Å². The van der Waals surface area contributed by atoms with Crippen LogP contribution >= 0.6 is 0 Å². The van der Waals surface area contributed by atoms with E-state index in [0.29, 0.717) is 12.6 Å². The average molecular weight is 261 g/mol. The summed E-state index contributed by atoms with van der Waals surface area (Å²) in [5.74, 6) is 0. The minimum absolute atomic E-state index is 0.337. The second-order valence-corrected chi connectivity index (χ2v) is 5.59. The molecular weight excluding hydrogens is 234 g/mol. The largest absolute Gasteiger partial charge is 0.396 e. The van der Waals surface area contributed by atoms with E-state index in [9.17, 15) is 0 Å². The first kappa shape index (κ1) is 14.5. The van der Waals surface area contributed by atoms with E-state index in [2.05, 4.69) is 29.6 Å². The average Bonchev–Trinajstić information content (AvgIpc) is 2.65. The molecule has 1 aliphatic carbocycles. The minimum atomic E-state index is 0.337. The molecule has 0 radical (unpaired) electrons. The number of aryl methyl sites for hydroxylation is 1. The summed E-state index contributed by atoms with van der Waals surface area (Å²) in [7, 11) is 0. The van der Waals surface area contributed by atoms with Crippen molar-refractivity contribution in [3.05, 3.63) is 35.4 Å². The third-order valence-electron chi connectivity index (χ3n) is 4.10. The normalized spacial score (nSPS) is 18.9. The van der Waals surface area contributed by atoms with E-state index in [4.69, 9.17) is 5.11 Å². The molecule has 0 bridgehead atoms. The molecule has 0 fully saturated rings. The van der Waals surface area contributed by atoms with Gasteiger partial charge in [-0.2, -0.15) is 0 Å². The maximum Gasteiger partial charge on any atom is 0.0431 e. The molecule has 2 N–H and O–H groups in total. The predicted octanol–water partition coefficient (Wildman–Crippen LogP) is 3.60. The molecule has 1 atom stereocenters. The SMILES string of the molecule is OCCCCCCNC1CCCCc2ccccc21. The molecule has 19 heavy (non-hydrogen) atoms. The quantitative estimate of drug-likeness (QED) is 0.580. The molecule has 0 aromatic heterocycles. The number of benzene rings is 1. The number of hydrogen-bond donors (Lipinski definition) is 2. The lowest BCUT2D eigenvalue weighted by Gasteiger charge is -2.19. The summed E-state index contributed by atoms with van der Waals surface area (Å²) in [6.45, 7) is 1.44. The van der Waals surface area contributed by atoms with Crippen molar-refractivity contribution in [1.82, 2.24) is 5.32 Å². The zero-order valence-corrected chi connectivity index (χ0v) is 11.9. The number of aliphatic hydroxyl groups excluding tert-OH is 1. The summed E-state index contributed by atoms with van der Waals surface area (Å²) >= 11 is 0. The van der Waals surface area contributed by atoms with Crippen LogP contribution in [0.25, 0.3) is 0 Å². The van der Waals surface area contributed by atoms with Crippen LogP contribution < -0.4 is 5.32 Å². The fraction of sp³-hybridized carbons (Fsp3) is 0.647. The van der Waals surface area contributed by atoms with Crippen LogP contribution in [0, 0.1) is 0 Å². The summed E-state index contributed by atoms with van der Waals surface area (Å²) in [6.07, 6.45) is 9.72. The van der Waals surface area contributed by atoms with E-state index >= 15 is 0 Å². The summed E-state index contributed by atoms with van der Waals surface area (Å²) in [4.78, 5) is 0. The topological polar surface area (TPSA) is 32.3 Å². The molecule has 1 aromatic rings. The highest BCUT2D eigenvalue weighted by Crippen LogP contribution is 2.28. The van der Waals surface area contributed by atoms with Gasteiger partial charge in [-0.15, -0.1) is 0 Å². The Labute approximate surface area is 117 Å². The molecule has 0 saturated carbocycles. The van der Waals surface area contributed by atoms with E-state index in [1.165, 1.54) is 49.7 Å². The Morgan fingerprint density at radius 2 is 1.89 bits per heavy atom. The first-order valence-electron chi connectivity index (χ1n) is 7.84. The van der Waals surface area contributed by atoms with Crippen molar-refractivity contribution >= 4 is 0 Å². The Balaban J connectivity index is 1.79. The van der Waals surface area contributed by atoms with Gasteiger partial charge in [-0.1, -0.05) is 43.5 Å². The first-order chi connectivity index (χ1) is 9.42. The predicted molar refractivity (Wildman–Crippen MR) is 80.3 cm³/mol. The molecule has 1 aromatic carbocycles. The van der Waals surface area contributed by atoms with Crippen LogP contribution in [-0.2, 0) is 6.42 Å². The third kappa shape index (κ3) is 4.63. The van der Waals surface area contributed by atoms with Gasteiger partial charge in [0.25, 0.3) is 0 Å². The van der Waals surface area contributed by atoms with Gasteiger partial charge in [-0.25, -0.2) is 0 Å². The maximum atomic E-state index is 8.75. The molecule has 0 heterocycles. The zero-order valence-electron chi connectivity index (χ0n) is 11.9. The number of nitrogens with one attached hydrogen (secondary N) is 1. The lowest BCUT2D eigenvalue weighted by atomic mass is 9.99. The van der Waals surface area contributed by atoms with Gasteiger partial charge in [0.15, 0.2) is 0 Å². The van der Waals surface area contributed by atoms with Crippen LogP contribution in [0.15, 0.2) is 24.3 Å².